The Labute approximate surface area is 106 Å². The minimum Gasteiger partial charge on any atom is -0.366 e. The molecule has 94 valence electrons. The SMILES string of the molecule is NC(=O)c1ccsc1NC(=O)C1=NNC(=O)CC1. The monoisotopic (exact) mass is 266 g/mol. The summed E-state index contributed by atoms with van der Waals surface area (Å²) in [4.78, 5) is 33.8. The zero-order valence-corrected chi connectivity index (χ0v) is 10.0. The summed E-state index contributed by atoms with van der Waals surface area (Å²) >= 11 is 1.20. The van der Waals surface area contributed by atoms with Crippen LogP contribution >= 0.6 is 11.3 Å². The Balaban J connectivity index is 2.10. The number of carbonyl (C=O) groups excluding carboxylic acids is 3. The third-order valence-electron chi connectivity index (χ3n) is 2.32. The lowest BCUT2D eigenvalue weighted by Crippen LogP contribution is -2.33. The zero-order chi connectivity index (χ0) is 13.1. The van der Waals surface area contributed by atoms with E-state index >= 15 is 0 Å². The molecule has 1 aromatic heterocycles. The summed E-state index contributed by atoms with van der Waals surface area (Å²) in [5.74, 6) is -1.27. The normalized spacial score (nSPS) is 14.7. The van der Waals surface area contributed by atoms with Crippen LogP contribution in [0.1, 0.15) is 23.2 Å². The molecule has 0 fully saturated rings. The molecule has 0 spiro atoms. The summed E-state index contributed by atoms with van der Waals surface area (Å²) in [5.41, 5.74) is 7.87. The Hall–Kier alpha value is -2.22. The molecule has 0 aliphatic carbocycles. The number of hydrogen-bond acceptors (Lipinski definition) is 5. The fourth-order valence-corrected chi connectivity index (χ4v) is 2.20. The molecular weight excluding hydrogens is 256 g/mol. The number of anilines is 1. The van der Waals surface area contributed by atoms with Crippen molar-refractivity contribution >= 4 is 39.8 Å². The lowest BCUT2D eigenvalue weighted by molar-refractivity contribution is -0.121. The molecule has 0 atom stereocenters. The standard InChI is InChI=1S/C10H10N4O3S/c11-8(16)5-3-4-18-10(5)12-9(17)6-1-2-7(15)14-13-6/h3-4H,1-2H2,(H2,11,16)(H,12,17)(H,14,15). The quantitative estimate of drug-likeness (QED) is 0.718. The van der Waals surface area contributed by atoms with Crippen LogP contribution in [0.5, 0.6) is 0 Å². The van der Waals surface area contributed by atoms with Crippen molar-refractivity contribution < 1.29 is 14.4 Å². The molecule has 8 heteroatoms. The van der Waals surface area contributed by atoms with Crippen molar-refractivity contribution in [1.82, 2.24) is 5.43 Å². The van der Waals surface area contributed by atoms with Crippen molar-refractivity contribution in [3.8, 4) is 0 Å². The molecule has 7 nitrogen and oxygen atoms in total. The van der Waals surface area contributed by atoms with E-state index in [1.807, 2.05) is 0 Å². The number of hydrazone groups is 1. The average Bonchev–Trinajstić information content (AvgIpc) is 2.78. The summed E-state index contributed by atoms with van der Waals surface area (Å²) < 4.78 is 0. The second-order valence-corrected chi connectivity index (χ2v) is 4.49. The van der Waals surface area contributed by atoms with Crippen molar-refractivity contribution in [2.24, 2.45) is 10.8 Å². The summed E-state index contributed by atoms with van der Waals surface area (Å²) in [7, 11) is 0. The van der Waals surface area contributed by atoms with E-state index in [4.69, 9.17) is 5.73 Å². The topological polar surface area (TPSA) is 114 Å². The van der Waals surface area contributed by atoms with Crippen molar-refractivity contribution in [3.63, 3.8) is 0 Å². The first-order chi connectivity index (χ1) is 8.58. The number of hydrogen-bond donors (Lipinski definition) is 3. The van der Waals surface area contributed by atoms with Gasteiger partial charge in [-0.3, -0.25) is 14.4 Å². The molecule has 0 aromatic carbocycles. The smallest absolute Gasteiger partial charge is 0.272 e. The molecule has 1 aliphatic heterocycles. The van der Waals surface area contributed by atoms with E-state index < -0.39 is 11.8 Å². The molecule has 0 radical (unpaired) electrons. The number of nitrogens with one attached hydrogen (secondary N) is 2. The van der Waals surface area contributed by atoms with Crippen LogP contribution in [0.4, 0.5) is 5.00 Å². The molecule has 0 bridgehead atoms. The van der Waals surface area contributed by atoms with E-state index in [0.29, 0.717) is 5.00 Å². The van der Waals surface area contributed by atoms with E-state index in [9.17, 15) is 14.4 Å². The first-order valence-corrected chi connectivity index (χ1v) is 6.00. The van der Waals surface area contributed by atoms with Crippen LogP contribution < -0.4 is 16.5 Å². The van der Waals surface area contributed by atoms with Gasteiger partial charge in [0, 0.05) is 12.8 Å². The highest BCUT2D eigenvalue weighted by molar-refractivity contribution is 7.14. The molecule has 1 aromatic rings. The molecule has 18 heavy (non-hydrogen) atoms. The number of nitrogens with zero attached hydrogens (tertiary/aromatic N) is 1. The number of nitrogens with two attached hydrogens (primary N) is 1. The first kappa shape index (κ1) is 12.2. The Morgan fingerprint density at radius 2 is 2.22 bits per heavy atom. The Morgan fingerprint density at radius 3 is 2.83 bits per heavy atom. The number of amides is 3. The van der Waals surface area contributed by atoms with Crippen LogP contribution in [0.15, 0.2) is 16.5 Å². The molecule has 2 rings (SSSR count). The minimum absolute atomic E-state index is 0.221. The molecule has 0 saturated heterocycles. The molecule has 3 amide bonds. The van der Waals surface area contributed by atoms with Gasteiger partial charge in [-0.1, -0.05) is 0 Å². The number of thiophene rings is 1. The van der Waals surface area contributed by atoms with E-state index in [1.54, 1.807) is 5.38 Å². The predicted octanol–water partition coefficient (Wildman–Crippen LogP) is 0.0515. The van der Waals surface area contributed by atoms with Crippen molar-refractivity contribution in [3.05, 3.63) is 17.0 Å². The van der Waals surface area contributed by atoms with Crippen molar-refractivity contribution in [1.29, 1.82) is 0 Å². The van der Waals surface area contributed by atoms with Crippen LogP contribution in [-0.2, 0) is 9.59 Å². The summed E-state index contributed by atoms with van der Waals surface area (Å²) in [6.45, 7) is 0. The van der Waals surface area contributed by atoms with Crippen molar-refractivity contribution in [2.75, 3.05) is 5.32 Å². The Kier molecular flexibility index (Phi) is 3.38. The molecule has 0 unspecified atom stereocenters. The van der Waals surface area contributed by atoms with Gasteiger partial charge in [0.25, 0.3) is 11.8 Å². The van der Waals surface area contributed by atoms with Crippen LogP contribution in [0.3, 0.4) is 0 Å². The summed E-state index contributed by atoms with van der Waals surface area (Å²) in [6, 6.07) is 1.53. The van der Waals surface area contributed by atoms with Crippen LogP contribution in [-0.4, -0.2) is 23.4 Å². The van der Waals surface area contributed by atoms with E-state index in [-0.39, 0.29) is 30.0 Å². The van der Waals surface area contributed by atoms with E-state index in [1.165, 1.54) is 17.4 Å². The average molecular weight is 266 g/mol. The van der Waals surface area contributed by atoms with Crippen molar-refractivity contribution in [2.45, 2.75) is 12.8 Å². The minimum atomic E-state index is -0.606. The molecular formula is C10H10N4O3S. The van der Waals surface area contributed by atoms with Gasteiger partial charge in [-0.2, -0.15) is 5.10 Å². The maximum Gasteiger partial charge on any atom is 0.272 e. The van der Waals surface area contributed by atoms with E-state index in [0.717, 1.165) is 0 Å². The number of rotatable bonds is 3. The molecule has 0 saturated carbocycles. The maximum atomic E-state index is 11.8. The van der Waals surface area contributed by atoms with Crippen LogP contribution in [0.25, 0.3) is 0 Å². The molecule has 1 aliphatic rings. The van der Waals surface area contributed by atoms with Gasteiger partial charge in [-0.25, -0.2) is 5.43 Å². The third-order valence-corrected chi connectivity index (χ3v) is 3.15. The Bertz CT molecular complexity index is 549. The zero-order valence-electron chi connectivity index (χ0n) is 9.23. The highest BCUT2D eigenvalue weighted by atomic mass is 32.1. The number of primary amides is 1. The predicted molar refractivity (Wildman–Crippen MR) is 66.3 cm³/mol. The van der Waals surface area contributed by atoms with E-state index in [2.05, 4.69) is 15.8 Å². The highest BCUT2D eigenvalue weighted by Gasteiger charge is 2.20. The number of carbonyl (C=O) groups is 3. The largest absolute Gasteiger partial charge is 0.366 e. The van der Waals surface area contributed by atoms with Gasteiger partial charge in [0.15, 0.2) is 0 Å². The molecule has 4 N–H and O–H groups in total. The summed E-state index contributed by atoms with van der Waals surface area (Å²) in [5, 5.41) is 8.25. The van der Waals surface area contributed by atoms with Gasteiger partial charge in [0.05, 0.1) is 5.56 Å². The first-order valence-electron chi connectivity index (χ1n) is 5.12. The second kappa shape index (κ2) is 4.96. The fraction of sp³-hybridized carbons (Fsp3) is 0.200. The maximum absolute atomic E-state index is 11.8. The fourth-order valence-electron chi connectivity index (χ4n) is 1.41. The third kappa shape index (κ3) is 2.54. The van der Waals surface area contributed by atoms with Crippen LogP contribution in [0, 0.1) is 0 Å². The van der Waals surface area contributed by atoms with Gasteiger partial charge < -0.3 is 11.1 Å². The van der Waals surface area contributed by atoms with Gasteiger partial charge in [-0.05, 0) is 11.4 Å². The molecule has 2 heterocycles. The second-order valence-electron chi connectivity index (χ2n) is 3.58. The summed E-state index contributed by atoms with van der Waals surface area (Å²) in [6.07, 6.45) is 0.494. The van der Waals surface area contributed by atoms with Gasteiger partial charge in [0.2, 0.25) is 5.91 Å². The lowest BCUT2D eigenvalue weighted by Gasteiger charge is -2.11. The highest BCUT2D eigenvalue weighted by Crippen LogP contribution is 2.22. The Morgan fingerprint density at radius 1 is 1.44 bits per heavy atom. The van der Waals surface area contributed by atoms with Gasteiger partial charge >= 0.3 is 0 Å². The lowest BCUT2D eigenvalue weighted by atomic mass is 10.1. The van der Waals surface area contributed by atoms with Crippen LogP contribution in [0.2, 0.25) is 0 Å². The van der Waals surface area contributed by atoms with Gasteiger partial charge in [0.1, 0.15) is 10.7 Å². The van der Waals surface area contributed by atoms with Gasteiger partial charge in [-0.15, -0.1) is 11.3 Å².